The number of hydrogen-bond acceptors (Lipinski definition) is 2. The molecule has 0 amide bonds. The van der Waals surface area contributed by atoms with Crippen molar-refractivity contribution in [1.29, 1.82) is 0 Å². The lowest BCUT2D eigenvalue weighted by Crippen LogP contribution is -2.17. The number of thiophene rings is 1. The van der Waals surface area contributed by atoms with Crippen molar-refractivity contribution >= 4 is 38.9 Å². The van der Waals surface area contributed by atoms with E-state index in [-0.39, 0.29) is 11.5 Å². The first kappa shape index (κ1) is 16.0. The molecule has 0 aliphatic carbocycles. The molecule has 1 unspecified atom stereocenters. The Morgan fingerprint density at radius 1 is 1.20 bits per heavy atom. The monoisotopic (exact) mass is 371 g/mol. The van der Waals surface area contributed by atoms with Crippen molar-refractivity contribution in [3.8, 4) is 0 Å². The molecule has 0 spiro atoms. The van der Waals surface area contributed by atoms with Gasteiger partial charge in [0.15, 0.2) is 0 Å². The maximum atomic E-state index is 6.36. The third kappa shape index (κ3) is 3.45. The molecule has 1 N–H and O–H groups in total. The quantitative estimate of drug-likeness (QED) is 0.721. The number of halogens is 2. The summed E-state index contributed by atoms with van der Waals surface area (Å²) in [6.45, 7) is 6.72. The fraction of sp³-hybridized carbons (Fsp3) is 0.375. The first-order chi connectivity index (χ1) is 9.32. The molecular formula is C16H19BrClNS. The van der Waals surface area contributed by atoms with Gasteiger partial charge in [0.2, 0.25) is 0 Å². The topological polar surface area (TPSA) is 12.0 Å². The third-order valence-corrected chi connectivity index (χ3v) is 5.62. The minimum absolute atomic E-state index is 0.126. The molecule has 4 heteroatoms. The van der Waals surface area contributed by atoms with E-state index in [0.717, 1.165) is 15.1 Å². The fourth-order valence-corrected chi connectivity index (χ4v) is 3.90. The van der Waals surface area contributed by atoms with E-state index in [1.807, 2.05) is 30.5 Å². The summed E-state index contributed by atoms with van der Waals surface area (Å²) >= 11 is 11.7. The Hall–Kier alpha value is -0.350. The van der Waals surface area contributed by atoms with Gasteiger partial charge >= 0.3 is 0 Å². The van der Waals surface area contributed by atoms with Gasteiger partial charge in [-0.05, 0) is 48.4 Å². The molecule has 1 heterocycles. The number of rotatable bonds is 3. The molecule has 1 nitrogen and oxygen atoms in total. The molecule has 1 aromatic heterocycles. The smallest absolute Gasteiger partial charge is 0.0683 e. The minimum Gasteiger partial charge on any atom is -0.309 e. The van der Waals surface area contributed by atoms with Crippen molar-refractivity contribution in [3.05, 3.63) is 55.1 Å². The van der Waals surface area contributed by atoms with Crippen LogP contribution in [0, 0.1) is 0 Å². The summed E-state index contributed by atoms with van der Waals surface area (Å²) in [6, 6.07) is 10.5. The maximum absolute atomic E-state index is 6.36. The van der Waals surface area contributed by atoms with Crippen LogP contribution < -0.4 is 5.32 Å². The normalized spacial score (nSPS) is 13.5. The van der Waals surface area contributed by atoms with E-state index in [2.05, 4.69) is 60.2 Å². The summed E-state index contributed by atoms with van der Waals surface area (Å²) in [5.74, 6) is 0. The van der Waals surface area contributed by atoms with Crippen molar-refractivity contribution in [2.45, 2.75) is 32.2 Å². The molecule has 2 rings (SSSR count). The van der Waals surface area contributed by atoms with Gasteiger partial charge in [0.25, 0.3) is 0 Å². The average molecular weight is 373 g/mol. The van der Waals surface area contributed by atoms with Gasteiger partial charge in [-0.1, -0.05) is 48.3 Å². The fourth-order valence-electron chi connectivity index (χ4n) is 2.10. The average Bonchev–Trinajstić information content (AvgIpc) is 2.84. The molecule has 2 aromatic rings. The van der Waals surface area contributed by atoms with E-state index in [9.17, 15) is 0 Å². The van der Waals surface area contributed by atoms with Crippen LogP contribution in [0.2, 0.25) is 5.02 Å². The van der Waals surface area contributed by atoms with Crippen molar-refractivity contribution in [1.82, 2.24) is 5.32 Å². The highest BCUT2D eigenvalue weighted by Gasteiger charge is 2.21. The van der Waals surface area contributed by atoms with Crippen molar-refractivity contribution in [3.63, 3.8) is 0 Å². The molecule has 0 radical (unpaired) electrons. The lowest BCUT2D eigenvalue weighted by Gasteiger charge is -2.18. The van der Waals surface area contributed by atoms with Gasteiger partial charge in [0.05, 0.1) is 6.04 Å². The van der Waals surface area contributed by atoms with Crippen LogP contribution in [0.4, 0.5) is 0 Å². The van der Waals surface area contributed by atoms with Gasteiger partial charge < -0.3 is 5.32 Å². The predicted octanol–water partition coefficient (Wildman–Crippen LogP) is 5.77. The third-order valence-electron chi connectivity index (χ3n) is 3.21. The van der Waals surface area contributed by atoms with Gasteiger partial charge in [0.1, 0.15) is 0 Å². The summed E-state index contributed by atoms with van der Waals surface area (Å²) in [6.07, 6.45) is 0. The summed E-state index contributed by atoms with van der Waals surface area (Å²) in [4.78, 5) is 2.68. The summed E-state index contributed by atoms with van der Waals surface area (Å²) in [5.41, 5.74) is 1.29. The summed E-state index contributed by atoms with van der Waals surface area (Å²) in [7, 11) is 1.97. The number of nitrogens with one attached hydrogen (secondary N) is 1. The van der Waals surface area contributed by atoms with Crippen LogP contribution in [0.3, 0.4) is 0 Å². The van der Waals surface area contributed by atoms with Crippen LogP contribution in [0.5, 0.6) is 0 Å². The highest BCUT2D eigenvalue weighted by molar-refractivity contribution is 9.10. The van der Waals surface area contributed by atoms with E-state index >= 15 is 0 Å². The van der Waals surface area contributed by atoms with Crippen LogP contribution >= 0.6 is 38.9 Å². The van der Waals surface area contributed by atoms with Crippen LogP contribution in [0.15, 0.2) is 34.8 Å². The Bertz CT molecular complexity index is 601. The van der Waals surface area contributed by atoms with Crippen molar-refractivity contribution in [2.24, 2.45) is 0 Å². The van der Waals surface area contributed by atoms with Crippen molar-refractivity contribution in [2.75, 3.05) is 7.05 Å². The largest absolute Gasteiger partial charge is 0.309 e. The van der Waals surface area contributed by atoms with Crippen molar-refractivity contribution < 1.29 is 0 Å². The zero-order chi connectivity index (χ0) is 14.9. The van der Waals surface area contributed by atoms with Crippen LogP contribution in [0.25, 0.3) is 0 Å². The number of benzene rings is 1. The second kappa shape index (κ2) is 6.18. The van der Waals surface area contributed by atoms with Crippen LogP contribution in [-0.4, -0.2) is 7.05 Å². The highest BCUT2D eigenvalue weighted by atomic mass is 79.9. The first-order valence-corrected chi connectivity index (χ1v) is 8.54. The van der Waals surface area contributed by atoms with E-state index in [1.54, 1.807) is 0 Å². The predicted molar refractivity (Wildman–Crippen MR) is 93.1 cm³/mol. The van der Waals surface area contributed by atoms with Gasteiger partial charge in [-0.15, -0.1) is 11.3 Å². The zero-order valence-corrected chi connectivity index (χ0v) is 15.3. The molecule has 1 aromatic carbocycles. The van der Waals surface area contributed by atoms with E-state index in [1.165, 1.54) is 9.75 Å². The molecular weight excluding hydrogens is 354 g/mol. The SMILES string of the molecule is CNC(c1ccc(C(C)(C)C)s1)c1cc(Br)ccc1Cl. The molecule has 1 atom stereocenters. The molecule has 0 bridgehead atoms. The van der Waals surface area contributed by atoms with Crippen LogP contribution in [0.1, 0.15) is 42.1 Å². The Labute approximate surface area is 138 Å². The second-order valence-corrected chi connectivity index (χ2v) is 8.28. The number of hydrogen-bond donors (Lipinski definition) is 1. The Kier molecular flexibility index (Phi) is 4.96. The Morgan fingerprint density at radius 2 is 1.90 bits per heavy atom. The lowest BCUT2D eigenvalue weighted by molar-refractivity contribution is 0.604. The van der Waals surface area contributed by atoms with E-state index in [0.29, 0.717) is 0 Å². The van der Waals surface area contributed by atoms with E-state index in [4.69, 9.17) is 11.6 Å². The molecule has 20 heavy (non-hydrogen) atoms. The standard InChI is InChI=1S/C16H19BrClNS/c1-16(2,3)14-8-7-13(20-14)15(19-4)11-9-10(17)5-6-12(11)18/h5-9,15,19H,1-4H3. The van der Waals surface area contributed by atoms with Crippen LogP contribution in [-0.2, 0) is 5.41 Å². The summed E-state index contributed by atoms with van der Waals surface area (Å²) in [5, 5.41) is 4.16. The second-order valence-electron chi connectivity index (χ2n) is 5.84. The van der Waals surface area contributed by atoms with Gasteiger partial charge in [-0.25, -0.2) is 0 Å². The zero-order valence-electron chi connectivity index (χ0n) is 12.1. The first-order valence-electron chi connectivity index (χ1n) is 6.55. The minimum atomic E-state index is 0.126. The van der Waals surface area contributed by atoms with Gasteiger partial charge in [0, 0.05) is 19.2 Å². The lowest BCUT2D eigenvalue weighted by atomic mass is 9.95. The molecule has 0 aliphatic rings. The van der Waals surface area contributed by atoms with Gasteiger partial charge in [-0.2, -0.15) is 0 Å². The maximum Gasteiger partial charge on any atom is 0.0683 e. The summed E-state index contributed by atoms with van der Waals surface area (Å²) < 4.78 is 1.05. The van der Waals surface area contributed by atoms with E-state index < -0.39 is 0 Å². The highest BCUT2D eigenvalue weighted by Crippen LogP contribution is 2.37. The van der Waals surface area contributed by atoms with Gasteiger partial charge in [-0.3, -0.25) is 0 Å². The molecule has 0 aliphatic heterocycles. The Morgan fingerprint density at radius 3 is 2.45 bits per heavy atom. The Balaban J connectivity index is 2.42. The molecule has 0 saturated heterocycles. The molecule has 108 valence electrons. The molecule has 0 saturated carbocycles. The molecule has 0 fully saturated rings.